The summed E-state index contributed by atoms with van der Waals surface area (Å²) in [5.74, 6) is 8.85. The first-order valence-corrected chi connectivity index (χ1v) is 32.6. The summed E-state index contributed by atoms with van der Waals surface area (Å²) in [4.78, 5) is 18.9. The second-order valence-electron chi connectivity index (χ2n) is 22.0. The molecular weight excluding hydrogens is 1210 g/mol. The second-order valence-corrected chi connectivity index (χ2v) is 22.0. The molecule has 0 fully saturated rings. The molecule has 0 saturated carbocycles. The standard InChI is InChI=1S/C77H85N7O12/c1-6-84(7-2)83-82-62-22-12-57(13-23-62)9-8-56-10-14-58(15-11-56)74-66-30-32-68(78-66)75(59-16-24-63(25-17-59)94-53-50-91-47-44-88-41-38-85-3)70-34-36-72(80-70)77(61-20-28-65(29-21-61)96-55-52-93-49-46-90-43-40-87-5)73-37-35-71(81-73)76(69-33-31-67(74)79-69)60-18-26-64(27-19-60)95-54-51-92-48-45-89-42-39-86-4/h10-37,78,81H,6-7,38-55H2,1-5H3. The van der Waals surface area contributed by atoms with Crippen LogP contribution >= 0.6 is 0 Å². The third-order valence-corrected chi connectivity index (χ3v) is 15.5. The molecular formula is C77H85N7O12. The second kappa shape index (κ2) is 37.7. The van der Waals surface area contributed by atoms with Gasteiger partial charge in [0.05, 0.1) is 128 Å². The van der Waals surface area contributed by atoms with Crippen LogP contribution in [0.3, 0.4) is 0 Å². The van der Waals surface area contributed by atoms with E-state index in [0.29, 0.717) is 136 Å². The molecule has 0 spiro atoms. The maximum Gasteiger partial charge on any atom is 0.119 e. The molecule has 5 aromatic carbocycles. The fraction of sp³-hybridized carbons (Fsp3) is 0.325. The highest BCUT2D eigenvalue weighted by Crippen LogP contribution is 2.39. The number of hydrogen-bond donors (Lipinski definition) is 2. The largest absolute Gasteiger partial charge is 0.491 e. The average Bonchev–Trinajstić information content (AvgIpc) is 1.62. The van der Waals surface area contributed by atoms with Crippen molar-refractivity contribution in [2.75, 3.05) is 153 Å². The third-order valence-electron chi connectivity index (χ3n) is 15.5. The summed E-state index contributed by atoms with van der Waals surface area (Å²) < 4.78 is 67.7. The lowest BCUT2D eigenvalue weighted by Crippen LogP contribution is -2.14. The predicted octanol–water partition coefficient (Wildman–Crippen LogP) is 14.2. The molecule has 19 nitrogen and oxygen atoms in total. The number of nitrogens with zero attached hydrogens (tertiary/aromatic N) is 5. The molecule has 2 aliphatic heterocycles. The Labute approximate surface area is 561 Å². The lowest BCUT2D eigenvalue weighted by molar-refractivity contribution is 0.0180. The molecule has 19 heteroatoms. The van der Waals surface area contributed by atoms with Crippen LogP contribution in [-0.2, 0) is 42.6 Å². The van der Waals surface area contributed by atoms with E-state index in [1.807, 2.05) is 65.7 Å². The summed E-state index contributed by atoms with van der Waals surface area (Å²) >= 11 is 0. The van der Waals surface area contributed by atoms with Crippen molar-refractivity contribution in [2.24, 2.45) is 10.3 Å². The molecule has 0 saturated heterocycles. The molecule has 0 atom stereocenters. The van der Waals surface area contributed by atoms with Gasteiger partial charge >= 0.3 is 0 Å². The first-order chi connectivity index (χ1) is 47.4. The average molecular weight is 1300 g/mol. The van der Waals surface area contributed by atoms with Crippen LogP contribution in [0.1, 0.15) is 47.8 Å². The summed E-state index contributed by atoms with van der Waals surface area (Å²) in [5, 5.41) is 10.7. The first kappa shape index (κ1) is 69.5. The topological polar surface area (TPSA) is 196 Å². The minimum absolute atomic E-state index is 0.377. The highest BCUT2D eigenvalue weighted by atomic mass is 16.6. The van der Waals surface area contributed by atoms with Crippen molar-refractivity contribution in [1.82, 2.24) is 24.9 Å². The van der Waals surface area contributed by atoms with Crippen molar-refractivity contribution in [1.29, 1.82) is 0 Å². The number of benzene rings is 5. The summed E-state index contributed by atoms with van der Waals surface area (Å²) in [7, 11) is 4.96. The van der Waals surface area contributed by atoms with Gasteiger partial charge in [-0.2, -0.15) is 0 Å². The summed E-state index contributed by atoms with van der Waals surface area (Å²) in [6.07, 6.45) is 8.35. The van der Waals surface area contributed by atoms with Crippen molar-refractivity contribution >= 4 is 52.1 Å². The van der Waals surface area contributed by atoms with Crippen molar-refractivity contribution in [3.8, 4) is 73.6 Å². The number of fused-ring (bicyclic) bond motifs is 8. The maximum atomic E-state index is 6.18. The number of methoxy groups -OCH3 is 3. The number of nitrogens with one attached hydrogen (secondary N) is 2. The highest BCUT2D eigenvalue weighted by Gasteiger charge is 2.20. The Balaban J connectivity index is 1.05. The molecule has 500 valence electrons. The molecule has 0 radical (unpaired) electrons. The van der Waals surface area contributed by atoms with Gasteiger partial charge in [0.15, 0.2) is 0 Å². The number of aromatic nitrogens is 4. The molecule has 0 unspecified atom stereocenters. The number of rotatable bonds is 38. The van der Waals surface area contributed by atoms with Crippen LogP contribution in [0.4, 0.5) is 5.69 Å². The zero-order chi connectivity index (χ0) is 66.4. The highest BCUT2D eigenvalue weighted by molar-refractivity contribution is 6.00. The first-order valence-electron chi connectivity index (χ1n) is 32.6. The number of aromatic amines is 2. The van der Waals surface area contributed by atoms with E-state index in [1.165, 1.54) is 0 Å². The predicted molar refractivity (Wildman–Crippen MR) is 377 cm³/mol. The van der Waals surface area contributed by atoms with E-state index in [9.17, 15) is 0 Å². The fourth-order valence-electron chi connectivity index (χ4n) is 10.6. The molecule has 0 amide bonds. The van der Waals surface area contributed by atoms with Crippen LogP contribution < -0.4 is 14.2 Å². The minimum Gasteiger partial charge on any atom is -0.491 e. The monoisotopic (exact) mass is 1300 g/mol. The van der Waals surface area contributed by atoms with E-state index < -0.39 is 0 Å². The molecule has 5 heterocycles. The van der Waals surface area contributed by atoms with Gasteiger partial charge in [-0.15, -0.1) is 5.11 Å². The third kappa shape index (κ3) is 20.1. The van der Waals surface area contributed by atoms with E-state index in [0.717, 1.165) is 119 Å². The fourth-order valence-corrected chi connectivity index (χ4v) is 10.6. The van der Waals surface area contributed by atoms with Crippen molar-refractivity contribution in [3.63, 3.8) is 0 Å². The molecule has 8 aromatic rings. The Morgan fingerprint density at radius 3 is 0.896 bits per heavy atom. The summed E-state index contributed by atoms with van der Waals surface area (Å²) in [5.41, 5.74) is 16.3. The zero-order valence-electron chi connectivity index (χ0n) is 55.4. The summed E-state index contributed by atoms with van der Waals surface area (Å²) in [6.45, 7) is 14.1. The van der Waals surface area contributed by atoms with Crippen molar-refractivity contribution in [2.45, 2.75) is 13.8 Å². The number of ether oxygens (including phenoxy) is 12. The Hall–Kier alpha value is -9.30. The van der Waals surface area contributed by atoms with E-state index in [-0.39, 0.29) is 0 Å². The Morgan fingerprint density at radius 2 is 0.604 bits per heavy atom. The van der Waals surface area contributed by atoms with Crippen LogP contribution in [0.5, 0.6) is 17.2 Å². The van der Waals surface area contributed by atoms with Crippen LogP contribution in [0.2, 0.25) is 0 Å². The Kier molecular flexibility index (Phi) is 27.3. The van der Waals surface area contributed by atoms with Crippen LogP contribution in [0.25, 0.3) is 90.9 Å². The molecule has 10 rings (SSSR count). The molecule has 2 N–H and O–H groups in total. The van der Waals surface area contributed by atoms with Gasteiger partial charge in [0.25, 0.3) is 0 Å². The van der Waals surface area contributed by atoms with Gasteiger partial charge in [0.2, 0.25) is 0 Å². The summed E-state index contributed by atoms with van der Waals surface area (Å²) in [6, 6.07) is 48.9. The molecule has 3 aromatic heterocycles. The zero-order valence-corrected chi connectivity index (χ0v) is 55.4. The quantitative estimate of drug-likeness (QED) is 0.0160. The van der Waals surface area contributed by atoms with Gasteiger partial charge in [-0.1, -0.05) is 65.6 Å². The Morgan fingerprint density at radius 1 is 0.333 bits per heavy atom. The van der Waals surface area contributed by atoms with Gasteiger partial charge in [0, 0.05) is 89.9 Å². The normalized spacial score (nSPS) is 11.8. The van der Waals surface area contributed by atoms with Crippen molar-refractivity contribution in [3.05, 3.63) is 179 Å². The minimum atomic E-state index is 0.377. The van der Waals surface area contributed by atoms with Gasteiger partial charge in [-0.25, -0.2) is 9.97 Å². The van der Waals surface area contributed by atoms with Crippen molar-refractivity contribution < 1.29 is 56.8 Å². The maximum absolute atomic E-state index is 6.18. The van der Waals surface area contributed by atoms with E-state index in [2.05, 4.69) is 155 Å². The van der Waals surface area contributed by atoms with Gasteiger partial charge in [-0.3, -0.25) is 5.01 Å². The number of H-pyrrole nitrogens is 2. The van der Waals surface area contributed by atoms with Crippen LogP contribution in [0, 0.1) is 11.8 Å². The smallest absolute Gasteiger partial charge is 0.119 e. The molecule has 2 aliphatic rings. The van der Waals surface area contributed by atoms with Gasteiger partial charge in [0.1, 0.15) is 37.1 Å². The molecule has 8 bridgehead atoms. The lowest BCUT2D eigenvalue weighted by atomic mass is 10.0. The SMILES string of the molecule is CCN(CC)N=Nc1ccc(C#Cc2ccc(-c3c4nc(c(-c5ccc(OCCOCCOCCOC)cc5)c5ccc([nH]5)c(-c5ccc(OCCOCCOCCOC)cc5)c5nc(c(-c6ccc(OCCOCCOCCOC)cc6)c6ccc3[nH]6)C=C5)C=C4)cc2)cc1. The van der Waals surface area contributed by atoms with E-state index in [1.54, 1.807) is 21.3 Å². The van der Waals surface area contributed by atoms with Crippen LogP contribution in [-0.4, -0.2) is 178 Å². The van der Waals surface area contributed by atoms with Gasteiger partial charge < -0.3 is 66.8 Å². The molecule has 0 aliphatic carbocycles. The van der Waals surface area contributed by atoms with E-state index >= 15 is 0 Å². The van der Waals surface area contributed by atoms with E-state index in [4.69, 9.17) is 66.8 Å². The Bertz CT molecular complexity index is 3980. The lowest BCUT2D eigenvalue weighted by Gasteiger charge is -2.10. The van der Waals surface area contributed by atoms with Crippen LogP contribution in [0.15, 0.2) is 156 Å². The van der Waals surface area contributed by atoms with Gasteiger partial charge in [-0.05, 0) is 157 Å². The number of hydrogen-bond acceptors (Lipinski definition) is 16. The molecule has 96 heavy (non-hydrogen) atoms.